The minimum absolute atomic E-state index is 0.0774. The number of amides is 1. The Hall–Kier alpha value is -1.31. The molecule has 0 saturated heterocycles. The number of rotatable bonds is 4. The van der Waals surface area contributed by atoms with E-state index in [0.29, 0.717) is 6.42 Å². The Labute approximate surface area is 85.3 Å². The summed E-state index contributed by atoms with van der Waals surface area (Å²) >= 11 is 0. The van der Waals surface area contributed by atoms with E-state index in [2.05, 4.69) is 18.3 Å². The molecule has 0 saturated carbocycles. The standard InChI is InChI=1S/C12H17NO/c1-3-7-10-8-5-6-9-11(10)13-12(14)4-2/h5-6,8-9H,3-4,7H2,1-2H3,(H,13,14). The van der Waals surface area contributed by atoms with Gasteiger partial charge in [-0.1, -0.05) is 38.5 Å². The molecule has 0 atom stereocenters. The zero-order valence-corrected chi connectivity index (χ0v) is 8.84. The highest BCUT2D eigenvalue weighted by Gasteiger charge is 2.03. The molecule has 2 heteroatoms. The quantitative estimate of drug-likeness (QED) is 0.778. The molecule has 1 N–H and O–H groups in total. The van der Waals surface area contributed by atoms with Gasteiger partial charge in [-0.2, -0.15) is 0 Å². The van der Waals surface area contributed by atoms with Gasteiger partial charge in [0.25, 0.3) is 0 Å². The minimum Gasteiger partial charge on any atom is -0.326 e. The van der Waals surface area contributed by atoms with Crippen LogP contribution in [0.2, 0.25) is 0 Å². The van der Waals surface area contributed by atoms with Crippen molar-refractivity contribution in [3.8, 4) is 0 Å². The summed E-state index contributed by atoms with van der Waals surface area (Å²) in [5, 5.41) is 2.91. The minimum atomic E-state index is 0.0774. The van der Waals surface area contributed by atoms with Crippen LogP contribution in [0.5, 0.6) is 0 Å². The van der Waals surface area contributed by atoms with Gasteiger partial charge in [-0.3, -0.25) is 4.79 Å². The van der Waals surface area contributed by atoms with E-state index < -0.39 is 0 Å². The fraction of sp³-hybridized carbons (Fsp3) is 0.417. The third kappa shape index (κ3) is 2.87. The van der Waals surface area contributed by atoms with Gasteiger partial charge in [0.05, 0.1) is 0 Å². The molecule has 1 aromatic rings. The van der Waals surface area contributed by atoms with Crippen molar-refractivity contribution in [1.29, 1.82) is 0 Å². The predicted octanol–water partition coefficient (Wildman–Crippen LogP) is 2.99. The molecule has 1 rings (SSSR count). The molecule has 0 aromatic heterocycles. The van der Waals surface area contributed by atoms with Crippen molar-refractivity contribution < 1.29 is 4.79 Å². The highest BCUT2D eigenvalue weighted by molar-refractivity contribution is 5.91. The first-order valence-electron chi connectivity index (χ1n) is 5.15. The van der Waals surface area contributed by atoms with Crippen LogP contribution in [0.3, 0.4) is 0 Å². The largest absolute Gasteiger partial charge is 0.326 e. The molecule has 1 aromatic carbocycles. The number of carbonyl (C=O) groups is 1. The molecule has 0 aliphatic carbocycles. The molecule has 0 bridgehead atoms. The van der Waals surface area contributed by atoms with Crippen molar-refractivity contribution >= 4 is 11.6 Å². The van der Waals surface area contributed by atoms with Gasteiger partial charge in [-0.25, -0.2) is 0 Å². The summed E-state index contributed by atoms with van der Waals surface area (Å²) in [6, 6.07) is 7.98. The first-order valence-corrected chi connectivity index (χ1v) is 5.15. The summed E-state index contributed by atoms with van der Waals surface area (Å²) in [7, 11) is 0. The third-order valence-corrected chi connectivity index (χ3v) is 2.13. The van der Waals surface area contributed by atoms with Crippen LogP contribution < -0.4 is 5.32 Å². The summed E-state index contributed by atoms with van der Waals surface area (Å²) in [5.74, 6) is 0.0774. The maximum atomic E-state index is 11.2. The van der Waals surface area contributed by atoms with Crippen LogP contribution in [-0.4, -0.2) is 5.91 Å². The Kier molecular flexibility index (Phi) is 4.17. The fourth-order valence-electron chi connectivity index (χ4n) is 1.37. The lowest BCUT2D eigenvalue weighted by atomic mass is 10.1. The average Bonchev–Trinajstić information content (AvgIpc) is 2.21. The molecule has 0 fully saturated rings. The maximum absolute atomic E-state index is 11.2. The highest BCUT2D eigenvalue weighted by Crippen LogP contribution is 2.16. The van der Waals surface area contributed by atoms with E-state index in [-0.39, 0.29) is 5.91 Å². The Bertz CT molecular complexity index is 307. The Balaban J connectivity index is 2.78. The topological polar surface area (TPSA) is 29.1 Å². The lowest BCUT2D eigenvalue weighted by Gasteiger charge is -2.09. The molecular weight excluding hydrogens is 174 g/mol. The number of anilines is 1. The van der Waals surface area contributed by atoms with Gasteiger partial charge < -0.3 is 5.32 Å². The van der Waals surface area contributed by atoms with Gasteiger partial charge in [0, 0.05) is 12.1 Å². The van der Waals surface area contributed by atoms with Crippen molar-refractivity contribution in [3.05, 3.63) is 29.8 Å². The Morgan fingerprint density at radius 2 is 2.00 bits per heavy atom. The first kappa shape index (κ1) is 10.8. The Morgan fingerprint density at radius 1 is 1.29 bits per heavy atom. The van der Waals surface area contributed by atoms with E-state index in [1.807, 2.05) is 25.1 Å². The summed E-state index contributed by atoms with van der Waals surface area (Å²) in [6.07, 6.45) is 2.64. The van der Waals surface area contributed by atoms with Crippen molar-refractivity contribution in [2.45, 2.75) is 33.1 Å². The number of hydrogen-bond acceptors (Lipinski definition) is 1. The van der Waals surface area contributed by atoms with Crippen molar-refractivity contribution in [3.63, 3.8) is 0 Å². The number of hydrogen-bond donors (Lipinski definition) is 1. The van der Waals surface area contributed by atoms with Gasteiger partial charge in [0.2, 0.25) is 5.91 Å². The van der Waals surface area contributed by atoms with E-state index in [1.54, 1.807) is 0 Å². The SMILES string of the molecule is CCCc1ccccc1NC(=O)CC. The number of benzene rings is 1. The van der Waals surface area contributed by atoms with Crippen molar-refractivity contribution in [2.75, 3.05) is 5.32 Å². The van der Waals surface area contributed by atoms with Gasteiger partial charge in [-0.05, 0) is 18.1 Å². The normalized spacial score (nSPS) is 9.86. The van der Waals surface area contributed by atoms with Crippen LogP contribution >= 0.6 is 0 Å². The fourth-order valence-corrected chi connectivity index (χ4v) is 1.37. The van der Waals surface area contributed by atoms with Crippen LogP contribution in [0, 0.1) is 0 Å². The van der Waals surface area contributed by atoms with Crippen molar-refractivity contribution in [2.24, 2.45) is 0 Å². The molecule has 0 aliphatic rings. The van der Waals surface area contributed by atoms with Crippen molar-refractivity contribution in [1.82, 2.24) is 0 Å². The van der Waals surface area contributed by atoms with Gasteiger partial charge in [0.15, 0.2) is 0 Å². The zero-order chi connectivity index (χ0) is 10.4. The Morgan fingerprint density at radius 3 is 2.64 bits per heavy atom. The number of carbonyl (C=O) groups excluding carboxylic acids is 1. The van der Waals surface area contributed by atoms with Gasteiger partial charge in [-0.15, -0.1) is 0 Å². The van der Waals surface area contributed by atoms with Gasteiger partial charge >= 0.3 is 0 Å². The molecule has 1 amide bonds. The van der Waals surface area contributed by atoms with E-state index in [1.165, 1.54) is 5.56 Å². The number of aryl methyl sites for hydroxylation is 1. The van der Waals surface area contributed by atoms with E-state index >= 15 is 0 Å². The van der Waals surface area contributed by atoms with Crippen LogP contribution in [0.4, 0.5) is 5.69 Å². The molecule has 0 unspecified atom stereocenters. The summed E-state index contributed by atoms with van der Waals surface area (Å²) in [4.78, 5) is 11.2. The molecule has 76 valence electrons. The molecule has 0 spiro atoms. The van der Waals surface area contributed by atoms with E-state index in [4.69, 9.17) is 0 Å². The highest BCUT2D eigenvalue weighted by atomic mass is 16.1. The summed E-state index contributed by atoms with van der Waals surface area (Å²) in [5.41, 5.74) is 2.18. The van der Waals surface area contributed by atoms with Crippen LogP contribution in [0.25, 0.3) is 0 Å². The lowest BCUT2D eigenvalue weighted by molar-refractivity contribution is -0.115. The van der Waals surface area contributed by atoms with Crippen LogP contribution in [-0.2, 0) is 11.2 Å². The van der Waals surface area contributed by atoms with E-state index in [9.17, 15) is 4.79 Å². The average molecular weight is 191 g/mol. The molecule has 0 radical (unpaired) electrons. The predicted molar refractivity (Wildman–Crippen MR) is 59.4 cm³/mol. The summed E-state index contributed by atoms with van der Waals surface area (Å²) < 4.78 is 0. The number of nitrogens with one attached hydrogen (secondary N) is 1. The van der Waals surface area contributed by atoms with Gasteiger partial charge in [0.1, 0.15) is 0 Å². The van der Waals surface area contributed by atoms with Crippen LogP contribution in [0.15, 0.2) is 24.3 Å². The second-order valence-electron chi connectivity index (χ2n) is 3.31. The smallest absolute Gasteiger partial charge is 0.224 e. The maximum Gasteiger partial charge on any atom is 0.224 e. The monoisotopic (exact) mass is 191 g/mol. The molecule has 14 heavy (non-hydrogen) atoms. The third-order valence-electron chi connectivity index (χ3n) is 2.13. The second kappa shape index (κ2) is 5.43. The summed E-state index contributed by atoms with van der Waals surface area (Å²) in [6.45, 7) is 4.00. The number of para-hydroxylation sites is 1. The molecule has 0 heterocycles. The lowest BCUT2D eigenvalue weighted by Crippen LogP contribution is -2.11. The molecule has 0 aliphatic heterocycles. The first-order chi connectivity index (χ1) is 6.77. The van der Waals surface area contributed by atoms with Crippen LogP contribution in [0.1, 0.15) is 32.3 Å². The second-order valence-corrected chi connectivity index (χ2v) is 3.31. The van der Waals surface area contributed by atoms with E-state index in [0.717, 1.165) is 18.5 Å². The molecular formula is C12H17NO. The molecule has 2 nitrogen and oxygen atoms in total. The zero-order valence-electron chi connectivity index (χ0n) is 8.84.